The third-order valence-corrected chi connectivity index (χ3v) is 12.8. The minimum absolute atomic E-state index is 0.104. The van der Waals surface area contributed by atoms with E-state index >= 15 is 0 Å². The summed E-state index contributed by atoms with van der Waals surface area (Å²) >= 11 is 0. The first-order valence-corrected chi connectivity index (χ1v) is 30.4. The van der Waals surface area contributed by atoms with E-state index in [1.165, 1.54) is 141 Å². The molecule has 0 bridgehead atoms. The third kappa shape index (κ3) is 58.8. The second-order valence-electron chi connectivity index (χ2n) is 19.8. The van der Waals surface area contributed by atoms with Gasteiger partial charge in [0.25, 0.3) is 0 Å². The van der Waals surface area contributed by atoms with Crippen LogP contribution >= 0.6 is 0 Å². The molecule has 416 valence electrons. The van der Waals surface area contributed by atoms with Gasteiger partial charge in [-0.3, -0.25) is 14.4 Å². The second-order valence-corrected chi connectivity index (χ2v) is 19.8. The Hall–Kier alpha value is -3.93. The molecule has 0 N–H and O–H groups in total. The normalized spacial score (nSPS) is 12.9. The van der Waals surface area contributed by atoms with Crippen LogP contribution in [0.15, 0.2) is 109 Å². The Morgan fingerprint density at radius 3 is 0.932 bits per heavy atom. The van der Waals surface area contributed by atoms with Crippen molar-refractivity contribution in [2.45, 2.75) is 284 Å². The summed E-state index contributed by atoms with van der Waals surface area (Å²) in [5.74, 6) is -0.990. The Morgan fingerprint density at radius 2 is 0.562 bits per heavy atom. The number of unbranched alkanes of at least 4 members (excludes halogenated alkanes) is 25. The van der Waals surface area contributed by atoms with Gasteiger partial charge in [-0.25, -0.2) is 0 Å². The van der Waals surface area contributed by atoms with E-state index in [0.29, 0.717) is 19.3 Å². The number of esters is 3. The van der Waals surface area contributed by atoms with Crippen LogP contribution in [0.1, 0.15) is 278 Å². The van der Waals surface area contributed by atoms with E-state index < -0.39 is 6.10 Å². The van der Waals surface area contributed by atoms with E-state index in [4.69, 9.17) is 14.2 Å². The Morgan fingerprint density at radius 1 is 0.288 bits per heavy atom. The molecule has 0 heterocycles. The highest BCUT2D eigenvalue weighted by Gasteiger charge is 2.19. The van der Waals surface area contributed by atoms with Gasteiger partial charge < -0.3 is 14.2 Å². The van der Waals surface area contributed by atoms with E-state index in [1.54, 1.807) is 0 Å². The van der Waals surface area contributed by atoms with Gasteiger partial charge in [0, 0.05) is 19.3 Å². The van der Waals surface area contributed by atoms with Crippen LogP contribution in [0.4, 0.5) is 0 Å². The van der Waals surface area contributed by atoms with Crippen molar-refractivity contribution >= 4 is 17.9 Å². The first-order valence-electron chi connectivity index (χ1n) is 30.4. The van der Waals surface area contributed by atoms with Gasteiger partial charge in [-0.05, 0) is 109 Å². The van der Waals surface area contributed by atoms with Gasteiger partial charge in [-0.1, -0.05) is 259 Å². The molecule has 0 fully saturated rings. The minimum Gasteiger partial charge on any atom is -0.462 e. The van der Waals surface area contributed by atoms with Gasteiger partial charge in [-0.15, -0.1) is 0 Å². The predicted molar refractivity (Wildman–Crippen MR) is 316 cm³/mol. The molecule has 0 aromatic rings. The van der Waals surface area contributed by atoms with Gasteiger partial charge in [0.15, 0.2) is 6.10 Å². The molecular weight excluding hydrogens is 901 g/mol. The van der Waals surface area contributed by atoms with Crippen molar-refractivity contribution in [3.8, 4) is 0 Å². The van der Waals surface area contributed by atoms with Crippen molar-refractivity contribution in [3.63, 3.8) is 0 Å². The maximum Gasteiger partial charge on any atom is 0.306 e. The van der Waals surface area contributed by atoms with E-state index in [1.807, 2.05) is 6.08 Å². The molecule has 0 spiro atoms. The molecule has 0 aromatic heterocycles. The smallest absolute Gasteiger partial charge is 0.306 e. The molecule has 0 amide bonds. The monoisotopic (exact) mass is 1010 g/mol. The van der Waals surface area contributed by atoms with Crippen LogP contribution in [0.2, 0.25) is 0 Å². The highest BCUT2D eigenvalue weighted by atomic mass is 16.6. The average molecular weight is 1010 g/mol. The number of hydrogen-bond donors (Lipinski definition) is 0. The Kier molecular flexibility index (Phi) is 57.4. The van der Waals surface area contributed by atoms with Gasteiger partial charge in [0.2, 0.25) is 0 Å². The fourth-order valence-electron chi connectivity index (χ4n) is 8.27. The fourth-order valence-corrected chi connectivity index (χ4v) is 8.27. The Bertz CT molecular complexity index is 1490. The summed E-state index contributed by atoms with van der Waals surface area (Å²) in [6, 6.07) is 0. The maximum absolute atomic E-state index is 12.9. The Balaban J connectivity index is 4.39. The molecule has 1 unspecified atom stereocenters. The van der Waals surface area contributed by atoms with Crippen LogP contribution in [0, 0.1) is 0 Å². The number of carbonyl (C=O) groups is 3. The zero-order valence-corrected chi connectivity index (χ0v) is 47.6. The topological polar surface area (TPSA) is 78.9 Å². The molecule has 73 heavy (non-hydrogen) atoms. The summed E-state index contributed by atoms with van der Waals surface area (Å²) in [6.07, 6.45) is 82.5. The lowest BCUT2D eigenvalue weighted by Gasteiger charge is -2.18. The third-order valence-electron chi connectivity index (χ3n) is 12.8. The lowest BCUT2D eigenvalue weighted by atomic mass is 10.1. The summed E-state index contributed by atoms with van der Waals surface area (Å²) in [6.45, 7) is 6.35. The zero-order chi connectivity index (χ0) is 52.9. The van der Waals surface area contributed by atoms with E-state index in [-0.39, 0.29) is 37.5 Å². The summed E-state index contributed by atoms with van der Waals surface area (Å²) in [5.41, 5.74) is 0. The molecule has 0 aromatic carbocycles. The van der Waals surface area contributed by atoms with Crippen molar-refractivity contribution in [1.29, 1.82) is 0 Å². The van der Waals surface area contributed by atoms with Crippen LogP contribution in [-0.2, 0) is 28.6 Å². The van der Waals surface area contributed by atoms with Crippen LogP contribution in [0.3, 0.4) is 0 Å². The molecular formula is C67H112O6. The summed E-state index contributed by atoms with van der Waals surface area (Å²) in [5, 5.41) is 0. The number of carbonyl (C=O) groups excluding carboxylic acids is 3. The van der Waals surface area contributed by atoms with Crippen LogP contribution < -0.4 is 0 Å². The average Bonchev–Trinajstić information content (AvgIpc) is 3.39. The summed E-state index contributed by atoms with van der Waals surface area (Å²) in [7, 11) is 0. The van der Waals surface area contributed by atoms with Crippen molar-refractivity contribution in [1.82, 2.24) is 0 Å². The molecule has 0 saturated carbocycles. The number of hydrogen-bond acceptors (Lipinski definition) is 6. The number of rotatable bonds is 54. The lowest BCUT2D eigenvalue weighted by molar-refractivity contribution is -0.166. The van der Waals surface area contributed by atoms with Gasteiger partial charge in [-0.2, -0.15) is 0 Å². The molecule has 6 nitrogen and oxygen atoms in total. The Labute approximate surface area is 450 Å². The van der Waals surface area contributed by atoms with Gasteiger partial charge >= 0.3 is 17.9 Å². The first-order chi connectivity index (χ1) is 36.0. The summed E-state index contributed by atoms with van der Waals surface area (Å²) < 4.78 is 16.8. The van der Waals surface area contributed by atoms with Crippen molar-refractivity contribution in [2.75, 3.05) is 13.2 Å². The highest BCUT2D eigenvalue weighted by Crippen LogP contribution is 2.15. The number of ether oxygens (including phenoxy) is 3. The quantitative estimate of drug-likeness (QED) is 0.0261. The van der Waals surface area contributed by atoms with Gasteiger partial charge in [0.05, 0.1) is 0 Å². The standard InChI is InChI=1S/C67H112O6/c1-4-7-10-13-16-19-22-25-27-29-31-32-33-34-36-37-39-42-45-48-51-54-57-60-66(69)72-63-64(62-71-65(68)59-56-53-50-47-44-41-24-21-18-15-12-9-6-3)73-67(70)61-58-55-52-49-46-43-40-38-35-30-28-26-23-20-17-14-11-8-5-2/h7,9-10,12,16,18-19,21,25-28,31-32,41,44,50,53,64H,4-6,8,11,13-15,17,20,22-24,29-30,33-40,42-43,45-49,51-52,54-63H2,1-3H3/b10-7-,12-9-,19-16-,21-18-,27-25-,28-26-,32-31-,44-41-,53-50-. The maximum atomic E-state index is 12.9. The van der Waals surface area contributed by atoms with Crippen molar-refractivity contribution in [2.24, 2.45) is 0 Å². The molecule has 0 aliphatic rings. The largest absolute Gasteiger partial charge is 0.462 e. The second kappa shape index (κ2) is 60.6. The summed E-state index contributed by atoms with van der Waals surface area (Å²) in [4.78, 5) is 38.2. The molecule has 1 atom stereocenters. The van der Waals surface area contributed by atoms with Crippen LogP contribution in [-0.4, -0.2) is 37.2 Å². The number of allylic oxidation sites excluding steroid dienone is 18. The van der Waals surface area contributed by atoms with E-state index in [9.17, 15) is 14.4 Å². The lowest BCUT2D eigenvalue weighted by Crippen LogP contribution is -2.30. The molecule has 0 saturated heterocycles. The predicted octanol–water partition coefficient (Wildman–Crippen LogP) is 20.7. The van der Waals surface area contributed by atoms with E-state index in [0.717, 1.165) is 89.9 Å². The molecule has 0 rings (SSSR count). The zero-order valence-electron chi connectivity index (χ0n) is 47.6. The van der Waals surface area contributed by atoms with Gasteiger partial charge in [0.1, 0.15) is 13.2 Å². The van der Waals surface area contributed by atoms with Crippen LogP contribution in [0.5, 0.6) is 0 Å². The first kappa shape index (κ1) is 69.1. The van der Waals surface area contributed by atoms with Crippen LogP contribution in [0.25, 0.3) is 0 Å². The molecule has 0 aliphatic heterocycles. The van der Waals surface area contributed by atoms with Crippen molar-refractivity contribution < 1.29 is 28.6 Å². The highest BCUT2D eigenvalue weighted by molar-refractivity contribution is 5.71. The molecule has 0 radical (unpaired) electrons. The molecule has 6 heteroatoms. The van der Waals surface area contributed by atoms with Crippen molar-refractivity contribution in [3.05, 3.63) is 109 Å². The minimum atomic E-state index is -0.812. The van der Waals surface area contributed by atoms with E-state index in [2.05, 4.69) is 124 Å². The SMILES string of the molecule is CC/C=C\C/C=C\C/C=C\C/C=C\CCCCCCCCCCCCC(=O)OCC(COC(=O)CC/C=C\C/C=C\C/C=C\C/C=C\CC)OC(=O)CCCCCCCCCCC/C=C\CCCCCCCC. The molecule has 0 aliphatic carbocycles. The fraction of sp³-hybridized carbons (Fsp3) is 0.687.